The van der Waals surface area contributed by atoms with Gasteiger partial charge in [-0.3, -0.25) is 0 Å². The summed E-state index contributed by atoms with van der Waals surface area (Å²) in [6.07, 6.45) is 5.94. The first-order valence-electron chi connectivity index (χ1n) is 31.3. The molecule has 2 saturated heterocycles. The minimum absolute atomic E-state index is 0.175. The highest BCUT2D eigenvalue weighted by Crippen LogP contribution is 2.47. The van der Waals surface area contributed by atoms with Gasteiger partial charge in [0.25, 0.3) is 0 Å². The fourth-order valence-electron chi connectivity index (χ4n) is 12.8. The van der Waals surface area contributed by atoms with Crippen molar-refractivity contribution in [1.82, 2.24) is 0 Å². The van der Waals surface area contributed by atoms with Gasteiger partial charge in [0, 0.05) is 5.25 Å². The molecule has 10 atom stereocenters. The fourth-order valence-corrected chi connectivity index (χ4v) is 14.6. The zero-order valence-electron chi connectivity index (χ0n) is 49.1. The maximum atomic E-state index is 7.85. The Bertz CT molecular complexity index is 2880. The van der Waals surface area contributed by atoms with Crippen LogP contribution in [0.4, 0.5) is 0 Å². The fraction of sp³-hybridized carbons (Fsp3) is 0.432. The van der Waals surface area contributed by atoms with Gasteiger partial charge in [-0.1, -0.05) is 251 Å². The molecule has 0 spiro atoms. The normalized spacial score (nSPS) is 25.0. The molecule has 11 heteroatoms. The Balaban J connectivity index is 1.01. The summed E-state index contributed by atoms with van der Waals surface area (Å²) in [5, 5.41) is 0.399. The highest BCUT2D eigenvalue weighted by molar-refractivity contribution is 8.00. The number of benzene rings is 7. The van der Waals surface area contributed by atoms with Crippen LogP contribution in [0.25, 0.3) is 0 Å². The van der Waals surface area contributed by atoms with Crippen LogP contribution in [0, 0.1) is 11.8 Å². The van der Waals surface area contributed by atoms with E-state index in [9.17, 15) is 0 Å². The average Bonchev–Trinajstić information content (AvgIpc) is 3.71. The van der Waals surface area contributed by atoms with Crippen LogP contribution in [0.1, 0.15) is 103 Å². The van der Waals surface area contributed by atoms with Crippen LogP contribution in [0.2, 0.25) is 0 Å². The molecule has 11 rings (SSSR count). The minimum atomic E-state index is -1.06. The lowest BCUT2D eigenvalue weighted by molar-refractivity contribution is -0.360. The van der Waals surface area contributed by atoms with E-state index in [4.69, 9.17) is 47.4 Å². The van der Waals surface area contributed by atoms with E-state index in [1.807, 2.05) is 96.7 Å². The highest BCUT2D eigenvalue weighted by atomic mass is 32.2. The number of ether oxygens (including phenoxy) is 10. The number of thioether (sulfide) groups is 1. The van der Waals surface area contributed by atoms with Crippen LogP contribution in [0.5, 0.6) is 0 Å². The molecule has 7 aromatic rings. The van der Waals surface area contributed by atoms with Crippen molar-refractivity contribution in [2.75, 3.05) is 13.2 Å². The van der Waals surface area contributed by atoms with Gasteiger partial charge in [0.2, 0.25) is 0 Å². The third-order valence-electron chi connectivity index (χ3n) is 17.2. The zero-order valence-corrected chi connectivity index (χ0v) is 50.0. The molecule has 0 bridgehead atoms. The summed E-state index contributed by atoms with van der Waals surface area (Å²) in [5.74, 6) is 1.18. The molecule has 10 nitrogen and oxygen atoms in total. The topological polar surface area (TPSA) is 92.3 Å². The van der Waals surface area contributed by atoms with E-state index in [-0.39, 0.29) is 26.4 Å². The van der Waals surface area contributed by atoms with Crippen LogP contribution >= 0.6 is 11.8 Å². The maximum absolute atomic E-state index is 7.85. The summed E-state index contributed by atoms with van der Waals surface area (Å²) in [4.78, 5) is 0. The van der Waals surface area contributed by atoms with E-state index >= 15 is 0 Å². The lowest BCUT2D eigenvalue weighted by Gasteiger charge is -2.51. The van der Waals surface area contributed by atoms with Crippen LogP contribution in [-0.2, 0) is 93.6 Å². The monoisotopic (exact) mass is 1170 g/mol. The molecule has 0 aromatic heterocycles. The molecule has 4 aliphatic rings. The second kappa shape index (κ2) is 33.0. The van der Waals surface area contributed by atoms with Gasteiger partial charge in [0.05, 0.1) is 59.5 Å². The Morgan fingerprint density at radius 1 is 0.318 bits per heavy atom. The van der Waals surface area contributed by atoms with Gasteiger partial charge in [0.1, 0.15) is 54.3 Å². The first-order chi connectivity index (χ1) is 42.2. The predicted octanol–water partition coefficient (Wildman–Crippen LogP) is 15.4. The predicted molar refractivity (Wildman–Crippen MR) is 334 cm³/mol. The SMILES string of the molecule is c1ccc(COC[C@H]2O[C@H](SC(C3CCCCC3)C3CCCCC3)[C@H](OCc3ccccc3)[C@@H](OCc3ccccc3)[C@@H]2O[C@H]2O[C@H](COCc3ccccc3)[C@@H](OCc3ccccc3)[C@H](OCc3ccccc3)[C@H]2OCc2ccccc2)cc1. The van der Waals surface area contributed by atoms with Gasteiger partial charge < -0.3 is 47.4 Å². The lowest BCUT2D eigenvalue weighted by Crippen LogP contribution is -2.66. The van der Waals surface area contributed by atoms with Crippen molar-refractivity contribution in [3.8, 4) is 0 Å². The van der Waals surface area contributed by atoms with Gasteiger partial charge >= 0.3 is 0 Å². The Morgan fingerprint density at radius 2 is 0.624 bits per heavy atom. The number of hydrogen-bond acceptors (Lipinski definition) is 11. The maximum Gasteiger partial charge on any atom is 0.187 e. The van der Waals surface area contributed by atoms with E-state index in [1.54, 1.807) is 0 Å². The van der Waals surface area contributed by atoms with E-state index in [1.165, 1.54) is 64.2 Å². The molecule has 0 N–H and O–H groups in total. The average molecular weight is 1170 g/mol. The molecule has 4 fully saturated rings. The van der Waals surface area contributed by atoms with Gasteiger partial charge in [0.15, 0.2) is 6.29 Å². The van der Waals surface area contributed by atoms with Crippen LogP contribution in [-0.4, -0.2) is 79.0 Å². The molecule has 85 heavy (non-hydrogen) atoms. The smallest absolute Gasteiger partial charge is 0.187 e. The van der Waals surface area contributed by atoms with E-state index in [0.717, 1.165) is 38.9 Å². The molecule has 448 valence electrons. The first kappa shape index (κ1) is 61.1. The Labute approximate surface area is 509 Å². The lowest BCUT2D eigenvalue weighted by atomic mass is 9.77. The van der Waals surface area contributed by atoms with Crippen LogP contribution in [0.15, 0.2) is 212 Å². The second-order valence-corrected chi connectivity index (χ2v) is 24.7. The molecule has 2 aliphatic heterocycles. The van der Waals surface area contributed by atoms with Crippen molar-refractivity contribution in [3.63, 3.8) is 0 Å². The van der Waals surface area contributed by atoms with Crippen molar-refractivity contribution in [3.05, 3.63) is 251 Å². The quantitative estimate of drug-likeness (QED) is 0.0449. The number of hydrogen-bond donors (Lipinski definition) is 0. The minimum Gasteiger partial charge on any atom is -0.374 e. The summed E-state index contributed by atoms with van der Waals surface area (Å²) in [7, 11) is 0. The van der Waals surface area contributed by atoms with Crippen LogP contribution < -0.4 is 0 Å². The highest BCUT2D eigenvalue weighted by Gasteiger charge is 2.55. The summed E-state index contributed by atoms with van der Waals surface area (Å²) in [6, 6.07) is 72.1. The summed E-state index contributed by atoms with van der Waals surface area (Å²) in [5.41, 5.74) is 6.84. The van der Waals surface area contributed by atoms with E-state index < -0.39 is 60.6 Å². The Morgan fingerprint density at radius 3 is 1.00 bits per heavy atom. The van der Waals surface area contributed by atoms with Crippen molar-refractivity contribution in [1.29, 1.82) is 0 Å². The largest absolute Gasteiger partial charge is 0.374 e. The molecule has 0 amide bonds. The zero-order chi connectivity index (χ0) is 57.5. The van der Waals surface area contributed by atoms with Crippen molar-refractivity contribution in [2.24, 2.45) is 11.8 Å². The van der Waals surface area contributed by atoms with Gasteiger partial charge in [-0.2, -0.15) is 0 Å². The standard InChI is InChI=1S/C74H86O10S/c1-10-28-55(29-11-1)46-75-53-64-66(77-48-57-32-14-3-15-33-57)68(78-49-58-34-16-4-17-35-58)70(80-51-60-38-20-6-21-39-60)73(82-64)84-67-65(54-76-47-56-30-12-2-13-31-56)83-74(85-72(62-42-24-8-25-43-62)63-44-26-9-27-45-63)71(81-52-61-40-22-7-23-41-61)69(67)79-50-59-36-18-5-19-37-59/h1-7,10-23,28-41,62-74H,8-9,24-27,42-54H2/t64-,65-,66-,67-,68+,69+,70-,71-,73-,74-/m1/s1. The molecule has 0 unspecified atom stereocenters. The van der Waals surface area contributed by atoms with Gasteiger partial charge in [-0.05, 0) is 76.5 Å². The second-order valence-electron chi connectivity index (χ2n) is 23.4. The third-order valence-corrected chi connectivity index (χ3v) is 18.9. The molecule has 2 aliphatic carbocycles. The molecule has 0 radical (unpaired) electrons. The summed E-state index contributed by atoms with van der Waals surface area (Å²) < 4.78 is 73.2. The third kappa shape index (κ3) is 18.1. The molecule has 2 heterocycles. The summed E-state index contributed by atoms with van der Waals surface area (Å²) >= 11 is 2.00. The molecular formula is C74H86O10S. The van der Waals surface area contributed by atoms with Gasteiger partial charge in [-0.15, -0.1) is 11.8 Å². The van der Waals surface area contributed by atoms with Crippen LogP contribution in [0.3, 0.4) is 0 Å². The van der Waals surface area contributed by atoms with E-state index in [2.05, 4.69) is 127 Å². The summed E-state index contributed by atoms with van der Waals surface area (Å²) in [6.45, 7) is 2.67. The van der Waals surface area contributed by atoms with Crippen molar-refractivity contribution in [2.45, 2.75) is 176 Å². The molecular weight excluding hydrogens is 1080 g/mol. The van der Waals surface area contributed by atoms with E-state index in [0.29, 0.717) is 50.1 Å². The van der Waals surface area contributed by atoms with Crippen molar-refractivity contribution < 1.29 is 47.4 Å². The Kier molecular flexibility index (Phi) is 23.7. The number of rotatable bonds is 29. The first-order valence-corrected chi connectivity index (χ1v) is 32.2. The van der Waals surface area contributed by atoms with Crippen molar-refractivity contribution >= 4 is 11.8 Å². The van der Waals surface area contributed by atoms with Gasteiger partial charge in [-0.25, -0.2) is 0 Å². The Hall–Kier alpha value is -5.51. The molecule has 7 aromatic carbocycles. The molecule has 2 saturated carbocycles.